The number of nitrogens with zero attached hydrogens (tertiary/aromatic N) is 2. The molecule has 2 nitrogen and oxygen atoms in total. The fourth-order valence-electron chi connectivity index (χ4n) is 7.43. The Morgan fingerprint density at radius 3 is 0.857 bits per heavy atom. The van der Waals surface area contributed by atoms with Crippen LogP contribution in [0.2, 0.25) is 0 Å². The fraction of sp³-hybridized carbons (Fsp3) is 0.148. The molecule has 0 saturated heterocycles. The highest BCUT2D eigenvalue weighted by Gasteiger charge is 2.19. The molecule has 0 aliphatic rings. The maximum atomic E-state index is 2.37. The van der Waals surface area contributed by atoms with Crippen LogP contribution < -0.4 is 9.80 Å². The summed E-state index contributed by atoms with van der Waals surface area (Å²) in [6.07, 6.45) is 8.75. The lowest BCUT2D eigenvalue weighted by molar-refractivity contribution is 1.17. The molecule has 56 heavy (non-hydrogen) atoms. The van der Waals surface area contributed by atoms with Crippen LogP contribution in [0.15, 0.2) is 146 Å². The van der Waals surface area contributed by atoms with Gasteiger partial charge in [-0.3, -0.25) is 0 Å². The number of benzene rings is 7. The SMILES string of the molecule is Cc1cc(N(c2ccccc2)c2ccc(/C=C/c3ccc(/C=C/c4ccc(N(c5ccccc5)c5cc(C)c(C)c(C)c5C)cc4)cc3)cc2)c(C)c(C)c1C. The van der Waals surface area contributed by atoms with E-state index in [9.17, 15) is 0 Å². The van der Waals surface area contributed by atoms with Crippen LogP contribution in [0.25, 0.3) is 24.3 Å². The summed E-state index contributed by atoms with van der Waals surface area (Å²) in [5, 5.41) is 0. The van der Waals surface area contributed by atoms with Gasteiger partial charge < -0.3 is 9.80 Å². The van der Waals surface area contributed by atoms with Crippen molar-refractivity contribution in [3.8, 4) is 0 Å². The molecule has 7 aromatic rings. The van der Waals surface area contributed by atoms with Crippen molar-refractivity contribution in [3.63, 3.8) is 0 Å². The van der Waals surface area contributed by atoms with Crippen LogP contribution in [-0.2, 0) is 0 Å². The summed E-state index contributed by atoms with van der Waals surface area (Å²) in [5.41, 5.74) is 22.3. The van der Waals surface area contributed by atoms with E-state index >= 15 is 0 Å². The zero-order valence-corrected chi connectivity index (χ0v) is 34.1. The normalized spacial score (nSPS) is 11.4. The largest absolute Gasteiger partial charge is 0.310 e. The predicted molar refractivity (Wildman–Crippen MR) is 244 cm³/mol. The van der Waals surface area contributed by atoms with Crippen molar-refractivity contribution < 1.29 is 0 Å². The summed E-state index contributed by atoms with van der Waals surface area (Å²) in [5.74, 6) is 0. The quantitative estimate of drug-likeness (QED) is 0.129. The molecule has 0 radical (unpaired) electrons. The van der Waals surface area contributed by atoms with Crippen molar-refractivity contribution in [2.75, 3.05) is 9.80 Å². The van der Waals surface area contributed by atoms with Crippen molar-refractivity contribution in [2.24, 2.45) is 0 Å². The van der Waals surface area contributed by atoms with E-state index in [1.807, 2.05) is 0 Å². The van der Waals surface area contributed by atoms with Crippen molar-refractivity contribution >= 4 is 58.4 Å². The Morgan fingerprint density at radius 2 is 0.554 bits per heavy atom. The predicted octanol–water partition coefficient (Wildman–Crippen LogP) is 15.4. The van der Waals surface area contributed by atoms with Gasteiger partial charge in [-0.05, 0) is 183 Å². The third kappa shape index (κ3) is 8.02. The van der Waals surface area contributed by atoms with E-state index in [1.165, 1.54) is 67.0 Å². The summed E-state index contributed by atoms with van der Waals surface area (Å²) in [6.45, 7) is 17.8. The molecule has 0 spiro atoms. The van der Waals surface area contributed by atoms with Crippen molar-refractivity contribution in [1.82, 2.24) is 0 Å². The number of rotatable bonds is 10. The summed E-state index contributed by atoms with van der Waals surface area (Å²) in [6, 6.07) is 52.4. The topological polar surface area (TPSA) is 6.48 Å². The number of para-hydroxylation sites is 2. The number of aryl methyl sites for hydroxylation is 2. The highest BCUT2D eigenvalue weighted by Crippen LogP contribution is 2.41. The molecule has 2 heteroatoms. The first-order valence-electron chi connectivity index (χ1n) is 19.6. The minimum atomic E-state index is 1.14. The van der Waals surface area contributed by atoms with Gasteiger partial charge >= 0.3 is 0 Å². The fourth-order valence-corrected chi connectivity index (χ4v) is 7.43. The van der Waals surface area contributed by atoms with Crippen molar-refractivity contribution in [3.05, 3.63) is 212 Å². The van der Waals surface area contributed by atoms with E-state index in [2.05, 4.69) is 235 Å². The maximum Gasteiger partial charge on any atom is 0.0496 e. The average molecular weight is 729 g/mol. The van der Waals surface area contributed by atoms with E-state index in [0.717, 1.165) is 33.9 Å². The van der Waals surface area contributed by atoms with E-state index in [-0.39, 0.29) is 0 Å². The smallest absolute Gasteiger partial charge is 0.0496 e. The molecular weight excluding hydrogens is 677 g/mol. The van der Waals surface area contributed by atoms with Crippen LogP contribution in [0.5, 0.6) is 0 Å². The first kappa shape index (κ1) is 37.9. The maximum absolute atomic E-state index is 2.37. The van der Waals surface area contributed by atoms with Crippen molar-refractivity contribution in [2.45, 2.75) is 55.4 Å². The molecule has 7 aromatic carbocycles. The molecule has 0 amide bonds. The first-order valence-corrected chi connectivity index (χ1v) is 19.6. The minimum Gasteiger partial charge on any atom is -0.310 e. The van der Waals surface area contributed by atoms with Gasteiger partial charge in [0.15, 0.2) is 0 Å². The molecule has 0 atom stereocenters. The third-order valence-electron chi connectivity index (χ3n) is 11.6. The molecule has 7 rings (SSSR count). The van der Waals surface area contributed by atoms with Crippen LogP contribution in [0, 0.1) is 55.4 Å². The Morgan fingerprint density at radius 1 is 0.286 bits per heavy atom. The summed E-state index contributed by atoms with van der Waals surface area (Å²) in [7, 11) is 0. The molecule has 0 aromatic heterocycles. The lowest BCUT2D eigenvalue weighted by Crippen LogP contribution is -2.12. The van der Waals surface area contributed by atoms with Gasteiger partial charge in [0.25, 0.3) is 0 Å². The second kappa shape index (κ2) is 16.6. The molecule has 0 saturated carbocycles. The molecule has 0 aliphatic carbocycles. The van der Waals surface area contributed by atoms with Crippen LogP contribution >= 0.6 is 0 Å². The molecule has 0 N–H and O–H groups in total. The standard InChI is InChI=1S/C54H52N2/c1-37-35-53(43(7)41(5)39(37)3)55(49-15-11-9-12-16-49)51-31-27-47(28-32-51)25-23-45-19-21-46(22-20-45)24-26-48-29-33-52(34-30-48)56(50-17-13-10-14-18-50)54-36-38(2)40(4)42(6)44(54)8/h9-36H,1-8H3/b25-23+,26-24+. The van der Waals surface area contributed by atoms with Crippen molar-refractivity contribution in [1.29, 1.82) is 0 Å². The number of hydrogen-bond donors (Lipinski definition) is 0. The van der Waals surface area contributed by atoms with Gasteiger partial charge in [-0.1, -0.05) is 109 Å². The molecule has 0 bridgehead atoms. The lowest BCUT2D eigenvalue weighted by Gasteiger charge is -2.29. The van der Waals surface area contributed by atoms with E-state index in [1.54, 1.807) is 0 Å². The van der Waals surface area contributed by atoms with Crippen LogP contribution in [0.3, 0.4) is 0 Å². The van der Waals surface area contributed by atoms with Crippen LogP contribution in [0.1, 0.15) is 66.8 Å². The molecule has 0 aliphatic heterocycles. The zero-order valence-electron chi connectivity index (χ0n) is 34.1. The average Bonchev–Trinajstić information content (AvgIpc) is 3.23. The summed E-state index contributed by atoms with van der Waals surface area (Å²) >= 11 is 0. The highest BCUT2D eigenvalue weighted by atomic mass is 15.1. The Balaban J connectivity index is 1.05. The summed E-state index contributed by atoms with van der Waals surface area (Å²) in [4.78, 5) is 4.74. The molecular formula is C54H52N2. The highest BCUT2D eigenvalue weighted by molar-refractivity contribution is 5.83. The van der Waals surface area contributed by atoms with Gasteiger partial charge in [-0.2, -0.15) is 0 Å². The van der Waals surface area contributed by atoms with Gasteiger partial charge in [-0.15, -0.1) is 0 Å². The van der Waals surface area contributed by atoms with Gasteiger partial charge in [0.05, 0.1) is 0 Å². The Bertz CT molecular complexity index is 2330. The van der Waals surface area contributed by atoms with E-state index in [4.69, 9.17) is 0 Å². The Labute approximate surface area is 334 Å². The van der Waals surface area contributed by atoms with Crippen LogP contribution in [0.4, 0.5) is 34.1 Å². The Kier molecular flexibility index (Phi) is 11.2. The monoisotopic (exact) mass is 728 g/mol. The lowest BCUT2D eigenvalue weighted by atomic mass is 9.96. The van der Waals surface area contributed by atoms with Gasteiger partial charge in [0, 0.05) is 34.1 Å². The van der Waals surface area contributed by atoms with Crippen LogP contribution in [-0.4, -0.2) is 0 Å². The third-order valence-corrected chi connectivity index (χ3v) is 11.6. The minimum absolute atomic E-state index is 1.14. The number of hydrogen-bond acceptors (Lipinski definition) is 2. The van der Waals surface area contributed by atoms with Gasteiger partial charge in [0.1, 0.15) is 0 Å². The van der Waals surface area contributed by atoms with E-state index in [0.29, 0.717) is 0 Å². The Hall–Kier alpha value is -6.38. The first-order chi connectivity index (χ1) is 27.1. The van der Waals surface area contributed by atoms with Gasteiger partial charge in [-0.25, -0.2) is 0 Å². The second-order valence-electron chi connectivity index (χ2n) is 15.0. The second-order valence-corrected chi connectivity index (χ2v) is 15.0. The van der Waals surface area contributed by atoms with Gasteiger partial charge in [0.2, 0.25) is 0 Å². The molecule has 0 fully saturated rings. The number of anilines is 6. The summed E-state index contributed by atoms with van der Waals surface area (Å²) < 4.78 is 0. The van der Waals surface area contributed by atoms with E-state index < -0.39 is 0 Å². The molecule has 278 valence electrons. The zero-order chi connectivity index (χ0) is 39.3. The molecule has 0 unspecified atom stereocenters. The molecule has 0 heterocycles.